The van der Waals surface area contributed by atoms with Crippen LogP contribution in [-0.2, 0) is 4.79 Å². The van der Waals surface area contributed by atoms with E-state index in [0.29, 0.717) is 29.9 Å². The maximum absolute atomic E-state index is 11.4. The fourth-order valence-electron chi connectivity index (χ4n) is 2.90. The number of carbonyl (C=O) groups is 1. The highest BCUT2D eigenvalue weighted by molar-refractivity contribution is 6.32. The number of likely N-dealkylation sites (tertiary alicyclic amines) is 1. The van der Waals surface area contributed by atoms with Crippen molar-refractivity contribution in [3.8, 4) is 5.75 Å². The molecule has 0 aromatic heterocycles. The number of piperidine rings is 1. The Morgan fingerprint density at radius 1 is 1.52 bits per heavy atom. The van der Waals surface area contributed by atoms with E-state index in [4.69, 9.17) is 22.1 Å². The Morgan fingerprint density at radius 3 is 2.96 bits per heavy atom. The minimum Gasteiger partial charge on any atom is -0.489 e. The second-order valence-electron chi connectivity index (χ2n) is 6.38. The van der Waals surface area contributed by atoms with Gasteiger partial charge in [0, 0.05) is 19.1 Å². The lowest BCUT2D eigenvalue weighted by Gasteiger charge is -2.37. The van der Waals surface area contributed by atoms with Gasteiger partial charge in [-0.05, 0) is 44.4 Å². The van der Waals surface area contributed by atoms with Crippen molar-refractivity contribution < 1.29 is 14.6 Å². The van der Waals surface area contributed by atoms with E-state index in [1.807, 2.05) is 19.1 Å². The number of hydrogen-bond donors (Lipinski definition) is 2. The topological polar surface area (TPSA) is 75.8 Å². The number of amides is 1. The maximum Gasteiger partial charge on any atom is 0.221 e. The van der Waals surface area contributed by atoms with Crippen molar-refractivity contribution in [2.45, 2.75) is 38.8 Å². The molecule has 1 amide bonds. The Hall–Kier alpha value is -1.30. The van der Waals surface area contributed by atoms with Gasteiger partial charge < -0.3 is 15.6 Å². The summed E-state index contributed by atoms with van der Waals surface area (Å²) in [6.45, 7) is 5.27. The van der Waals surface area contributed by atoms with Gasteiger partial charge in [-0.1, -0.05) is 17.7 Å². The van der Waals surface area contributed by atoms with Gasteiger partial charge in [0.15, 0.2) is 0 Å². The van der Waals surface area contributed by atoms with Crippen LogP contribution in [0.1, 0.15) is 25.3 Å². The Morgan fingerprint density at radius 2 is 2.26 bits per heavy atom. The van der Waals surface area contributed by atoms with Gasteiger partial charge >= 0.3 is 0 Å². The van der Waals surface area contributed by atoms with Crippen LogP contribution in [0, 0.1) is 12.8 Å². The van der Waals surface area contributed by atoms with Crippen LogP contribution in [0.15, 0.2) is 18.2 Å². The van der Waals surface area contributed by atoms with Crippen LogP contribution in [-0.4, -0.2) is 47.8 Å². The summed E-state index contributed by atoms with van der Waals surface area (Å²) in [6, 6.07) is 5.86. The second kappa shape index (κ2) is 7.99. The van der Waals surface area contributed by atoms with Gasteiger partial charge in [0.25, 0.3) is 0 Å². The summed E-state index contributed by atoms with van der Waals surface area (Å²) in [4.78, 5) is 13.5. The summed E-state index contributed by atoms with van der Waals surface area (Å²) in [6.07, 6.45) is 1.07. The zero-order valence-corrected chi connectivity index (χ0v) is 14.4. The normalized spacial score (nSPS) is 23.5. The second-order valence-corrected chi connectivity index (χ2v) is 6.79. The van der Waals surface area contributed by atoms with Crippen molar-refractivity contribution in [1.29, 1.82) is 0 Å². The molecule has 128 valence electrons. The number of carbonyl (C=O) groups excluding carboxylic acids is 1. The van der Waals surface area contributed by atoms with E-state index in [2.05, 4.69) is 11.8 Å². The SMILES string of the molecule is Cc1ccc(Cl)c(OC[C@H](O)CN2C[C@@H](C(N)=O)CC[C@@H]2C)c1. The smallest absolute Gasteiger partial charge is 0.221 e. The van der Waals surface area contributed by atoms with Gasteiger partial charge in [-0.15, -0.1) is 0 Å². The maximum atomic E-state index is 11.4. The highest BCUT2D eigenvalue weighted by atomic mass is 35.5. The number of nitrogens with zero attached hydrogens (tertiary/aromatic N) is 1. The fraction of sp³-hybridized carbons (Fsp3) is 0.588. The fourth-order valence-corrected chi connectivity index (χ4v) is 3.07. The molecule has 6 heteroatoms. The number of β-amino-alcohol motifs (C(OH)–C–C–N with tert-alkyl or cyclic N) is 1. The summed E-state index contributed by atoms with van der Waals surface area (Å²) >= 11 is 6.08. The lowest BCUT2D eigenvalue weighted by Crippen LogP contribution is -2.49. The molecule has 5 nitrogen and oxygen atoms in total. The molecule has 1 aliphatic rings. The Kier molecular flexibility index (Phi) is 6.27. The van der Waals surface area contributed by atoms with Crippen molar-refractivity contribution in [1.82, 2.24) is 4.90 Å². The number of aliphatic hydroxyl groups is 1. The molecule has 23 heavy (non-hydrogen) atoms. The van der Waals surface area contributed by atoms with Crippen molar-refractivity contribution in [3.05, 3.63) is 28.8 Å². The lowest BCUT2D eigenvalue weighted by atomic mass is 9.93. The van der Waals surface area contributed by atoms with Gasteiger partial charge in [0.05, 0.1) is 10.9 Å². The van der Waals surface area contributed by atoms with Crippen LogP contribution < -0.4 is 10.5 Å². The predicted octanol–water partition coefficient (Wildman–Crippen LogP) is 1.97. The number of rotatable bonds is 6. The van der Waals surface area contributed by atoms with E-state index in [0.717, 1.165) is 18.4 Å². The van der Waals surface area contributed by atoms with Crippen molar-refractivity contribution in [2.75, 3.05) is 19.7 Å². The molecular weight excluding hydrogens is 316 g/mol. The minimum atomic E-state index is -0.652. The third kappa shape index (κ3) is 5.09. The number of hydrogen-bond acceptors (Lipinski definition) is 4. The largest absolute Gasteiger partial charge is 0.489 e. The van der Waals surface area contributed by atoms with E-state index in [1.54, 1.807) is 6.07 Å². The monoisotopic (exact) mass is 340 g/mol. The van der Waals surface area contributed by atoms with Crippen LogP contribution in [0.2, 0.25) is 5.02 Å². The molecule has 0 spiro atoms. The Balaban J connectivity index is 1.87. The van der Waals surface area contributed by atoms with E-state index >= 15 is 0 Å². The molecule has 1 heterocycles. The van der Waals surface area contributed by atoms with Gasteiger partial charge in [-0.2, -0.15) is 0 Å². The summed E-state index contributed by atoms with van der Waals surface area (Å²) in [5.41, 5.74) is 6.45. The molecule has 3 N–H and O–H groups in total. The molecule has 1 aliphatic heterocycles. The zero-order valence-electron chi connectivity index (χ0n) is 13.7. The van der Waals surface area contributed by atoms with Crippen molar-refractivity contribution >= 4 is 17.5 Å². The van der Waals surface area contributed by atoms with Crippen molar-refractivity contribution in [3.63, 3.8) is 0 Å². The van der Waals surface area contributed by atoms with E-state index in [9.17, 15) is 9.90 Å². The van der Waals surface area contributed by atoms with Gasteiger partial charge in [0.1, 0.15) is 18.5 Å². The van der Waals surface area contributed by atoms with Gasteiger partial charge in [0.2, 0.25) is 5.91 Å². The van der Waals surface area contributed by atoms with Crippen LogP contribution in [0.4, 0.5) is 0 Å². The average Bonchev–Trinajstić information content (AvgIpc) is 2.50. The van der Waals surface area contributed by atoms with Crippen LogP contribution in [0.25, 0.3) is 0 Å². The Bertz CT molecular complexity index is 553. The molecule has 0 aliphatic carbocycles. The number of aliphatic hydroxyl groups excluding tert-OH is 1. The molecule has 1 fully saturated rings. The number of nitrogens with two attached hydrogens (primary N) is 1. The summed E-state index contributed by atoms with van der Waals surface area (Å²) in [5.74, 6) is 0.178. The lowest BCUT2D eigenvalue weighted by molar-refractivity contribution is -0.124. The third-order valence-electron chi connectivity index (χ3n) is 4.38. The molecule has 2 rings (SSSR count). The quantitative estimate of drug-likeness (QED) is 0.830. The summed E-state index contributed by atoms with van der Waals surface area (Å²) in [7, 11) is 0. The van der Waals surface area contributed by atoms with Crippen molar-refractivity contribution in [2.24, 2.45) is 11.7 Å². The molecule has 1 aromatic rings. The molecular formula is C17H25ClN2O3. The molecule has 3 atom stereocenters. The number of halogens is 1. The molecule has 1 saturated heterocycles. The first kappa shape index (κ1) is 18.0. The highest BCUT2D eigenvalue weighted by Crippen LogP contribution is 2.26. The highest BCUT2D eigenvalue weighted by Gasteiger charge is 2.29. The first-order valence-electron chi connectivity index (χ1n) is 7.97. The first-order chi connectivity index (χ1) is 10.9. The van der Waals surface area contributed by atoms with E-state index < -0.39 is 6.10 Å². The first-order valence-corrected chi connectivity index (χ1v) is 8.35. The standard InChI is InChI=1S/C17H25ClN2O3/c1-11-3-6-15(18)16(7-11)23-10-14(21)9-20-8-13(17(19)22)5-4-12(20)2/h3,6-7,12-14,21H,4-5,8-10H2,1-2H3,(H2,19,22)/t12-,13-,14+/m0/s1. The number of primary amides is 1. The minimum absolute atomic E-state index is 0.134. The number of benzene rings is 1. The third-order valence-corrected chi connectivity index (χ3v) is 4.69. The zero-order chi connectivity index (χ0) is 17.0. The Labute approximate surface area is 142 Å². The summed E-state index contributed by atoms with van der Waals surface area (Å²) < 4.78 is 5.63. The summed E-state index contributed by atoms with van der Waals surface area (Å²) in [5, 5.41) is 10.8. The molecule has 0 radical (unpaired) electrons. The predicted molar refractivity (Wildman–Crippen MR) is 90.6 cm³/mol. The van der Waals surface area contributed by atoms with Gasteiger partial charge in [-0.25, -0.2) is 0 Å². The van der Waals surface area contributed by atoms with E-state index in [-0.39, 0.29) is 18.4 Å². The van der Waals surface area contributed by atoms with E-state index in [1.165, 1.54) is 0 Å². The average molecular weight is 341 g/mol. The molecule has 0 bridgehead atoms. The van der Waals surface area contributed by atoms with Gasteiger partial charge in [-0.3, -0.25) is 9.69 Å². The van der Waals surface area contributed by atoms with Crippen LogP contribution in [0.5, 0.6) is 5.75 Å². The van der Waals surface area contributed by atoms with Crippen LogP contribution in [0.3, 0.4) is 0 Å². The number of aryl methyl sites for hydroxylation is 1. The molecule has 0 unspecified atom stereocenters. The van der Waals surface area contributed by atoms with Crippen LogP contribution >= 0.6 is 11.6 Å². The number of ether oxygens (including phenoxy) is 1. The molecule has 1 aromatic carbocycles. The molecule has 0 saturated carbocycles.